The van der Waals surface area contributed by atoms with Gasteiger partial charge in [-0.3, -0.25) is 4.90 Å². The van der Waals surface area contributed by atoms with Gasteiger partial charge in [0.15, 0.2) is 0 Å². The van der Waals surface area contributed by atoms with Gasteiger partial charge in [0.05, 0.1) is 0 Å². The second kappa shape index (κ2) is 6.06. The first kappa shape index (κ1) is 13.1. The molecule has 0 aromatic heterocycles. The molecule has 104 valence electrons. The van der Waals surface area contributed by atoms with Crippen LogP contribution in [0.3, 0.4) is 0 Å². The fraction of sp³-hybridized carbons (Fsp3) is 0.647. The van der Waals surface area contributed by atoms with Crippen molar-refractivity contribution in [2.75, 3.05) is 26.2 Å². The summed E-state index contributed by atoms with van der Waals surface area (Å²) in [5.41, 5.74) is 3.00. The molecular weight excluding hydrogens is 232 g/mol. The summed E-state index contributed by atoms with van der Waals surface area (Å²) in [4.78, 5) is 2.72. The highest BCUT2D eigenvalue weighted by Gasteiger charge is 2.36. The monoisotopic (exact) mass is 258 g/mol. The van der Waals surface area contributed by atoms with Crippen LogP contribution in [0.2, 0.25) is 0 Å². The lowest BCUT2D eigenvalue weighted by Crippen LogP contribution is -2.33. The van der Waals surface area contributed by atoms with E-state index in [1.54, 1.807) is 5.56 Å². The molecule has 1 saturated carbocycles. The predicted octanol–water partition coefficient (Wildman–Crippen LogP) is 3.00. The van der Waals surface area contributed by atoms with E-state index < -0.39 is 0 Å². The van der Waals surface area contributed by atoms with Crippen LogP contribution in [0.5, 0.6) is 0 Å². The number of hydrogen-bond donors (Lipinski definition) is 1. The van der Waals surface area contributed by atoms with E-state index in [0.717, 1.165) is 18.9 Å². The zero-order valence-corrected chi connectivity index (χ0v) is 12.1. The summed E-state index contributed by atoms with van der Waals surface area (Å²) in [6, 6.07) is 10.1. The summed E-state index contributed by atoms with van der Waals surface area (Å²) in [5.74, 6) is 0.908. The van der Waals surface area contributed by atoms with Gasteiger partial charge in [0, 0.05) is 25.7 Å². The van der Waals surface area contributed by atoms with Crippen molar-refractivity contribution < 1.29 is 0 Å². The minimum Gasteiger partial charge on any atom is -0.315 e. The number of nitrogens with one attached hydrogen (secondary N) is 1. The van der Waals surface area contributed by atoms with E-state index in [4.69, 9.17) is 0 Å². The number of hydrogen-bond acceptors (Lipinski definition) is 2. The Hall–Kier alpha value is -0.860. The lowest BCUT2D eigenvalue weighted by Gasteiger charge is -2.31. The van der Waals surface area contributed by atoms with Crippen molar-refractivity contribution in [3.8, 4) is 0 Å². The summed E-state index contributed by atoms with van der Waals surface area (Å²) in [6.45, 7) is 7.02. The fourth-order valence-corrected chi connectivity index (χ4v) is 3.29. The summed E-state index contributed by atoms with van der Waals surface area (Å²) < 4.78 is 0. The first-order chi connectivity index (χ1) is 9.38. The molecule has 1 N–H and O–H groups in total. The molecule has 3 rings (SSSR count). The molecule has 2 fully saturated rings. The highest BCUT2D eigenvalue weighted by molar-refractivity contribution is 5.26. The van der Waals surface area contributed by atoms with Crippen LogP contribution in [-0.2, 0) is 6.42 Å². The molecule has 1 atom stereocenters. The molecule has 19 heavy (non-hydrogen) atoms. The predicted molar refractivity (Wildman–Crippen MR) is 80.3 cm³/mol. The van der Waals surface area contributed by atoms with Gasteiger partial charge >= 0.3 is 0 Å². The molecule has 1 unspecified atom stereocenters. The van der Waals surface area contributed by atoms with Gasteiger partial charge in [-0.15, -0.1) is 0 Å². The van der Waals surface area contributed by atoms with E-state index in [2.05, 4.69) is 41.4 Å². The second-order valence-electron chi connectivity index (χ2n) is 6.02. The third-order valence-electron chi connectivity index (χ3n) is 4.57. The zero-order chi connectivity index (χ0) is 13.1. The van der Waals surface area contributed by atoms with E-state index in [9.17, 15) is 0 Å². The first-order valence-electron chi connectivity index (χ1n) is 7.92. The summed E-state index contributed by atoms with van der Waals surface area (Å²) in [7, 11) is 0. The van der Waals surface area contributed by atoms with Gasteiger partial charge in [0.1, 0.15) is 0 Å². The summed E-state index contributed by atoms with van der Waals surface area (Å²) in [5, 5.41) is 3.52. The van der Waals surface area contributed by atoms with Gasteiger partial charge in [-0.05, 0) is 49.3 Å². The highest BCUT2D eigenvalue weighted by Crippen LogP contribution is 2.44. The number of nitrogens with zero attached hydrogens (tertiary/aromatic N) is 1. The van der Waals surface area contributed by atoms with Crippen molar-refractivity contribution in [3.63, 3.8) is 0 Å². The normalized spacial score (nSPS) is 23.0. The Bertz CT molecular complexity index is 386. The molecule has 0 spiro atoms. The average molecular weight is 258 g/mol. The molecule has 1 aliphatic heterocycles. The van der Waals surface area contributed by atoms with E-state index in [1.807, 2.05) is 0 Å². The Labute approximate surface area is 117 Å². The third kappa shape index (κ3) is 3.18. The second-order valence-corrected chi connectivity index (χ2v) is 6.02. The van der Waals surface area contributed by atoms with Crippen LogP contribution in [0.15, 0.2) is 24.3 Å². The minimum absolute atomic E-state index is 0.672. The molecule has 1 aromatic carbocycles. The number of benzene rings is 1. The van der Waals surface area contributed by atoms with E-state index >= 15 is 0 Å². The van der Waals surface area contributed by atoms with Gasteiger partial charge in [0.25, 0.3) is 0 Å². The molecule has 2 heteroatoms. The number of aryl methyl sites for hydroxylation is 1. The average Bonchev–Trinajstić information content (AvgIpc) is 3.27. The SMILES string of the molecule is CCc1ccc(C(C2CC2)N2CCCNCC2)cc1. The molecule has 1 aromatic rings. The lowest BCUT2D eigenvalue weighted by molar-refractivity contribution is 0.189. The molecule has 0 radical (unpaired) electrons. The van der Waals surface area contributed by atoms with Crippen LogP contribution in [-0.4, -0.2) is 31.1 Å². The third-order valence-corrected chi connectivity index (χ3v) is 4.57. The van der Waals surface area contributed by atoms with Crippen molar-refractivity contribution in [1.29, 1.82) is 0 Å². The molecule has 1 aliphatic carbocycles. The largest absolute Gasteiger partial charge is 0.315 e. The van der Waals surface area contributed by atoms with Gasteiger partial charge in [0.2, 0.25) is 0 Å². The van der Waals surface area contributed by atoms with Crippen molar-refractivity contribution in [3.05, 3.63) is 35.4 Å². The van der Waals surface area contributed by atoms with E-state index in [-0.39, 0.29) is 0 Å². The zero-order valence-electron chi connectivity index (χ0n) is 12.1. The van der Waals surface area contributed by atoms with Crippen LogP contribution < -0.4 is 5.32 Å². The molecule has 0 amide bonds. The van der Waals surface area contributed by atoms with Crippen molar-refractivity contribution >= 4 is 0 Å². The van der Waals surface area contributed by atoms with Crippen LogP contribution in [0, 0.1) is 5.92 Å². The maximum absolute atomic E-state index is 3.52. The van der Waals surface area contributed by atoms with E-state index in [1.165, 1.54) is 44.5 Å². The van der Waals surface area contributed by atoms with Crippen LogP contribution in [0.1, 0.15) is 43.4 Å². The van der Waals surface area contributed by atoms with Crippen molar-refractivity contribution in [2.45, 2.75) is 38.6 Å². The van der Waals surface area contributed by atoms with Crippen LogP contribution >= 0.6 is 0 Å². The Kier molecular flexibility index (Phi) is 4.19. The smallest absolute Gasteiger partial charge is 0.0376 e. The van der Waals surface area contributed by atoms with Gasteiger partial charge in [-0.2, -0.15) is 0 Å². The van der Waals surface area contributed by atoms with Gasteiger partial charge in [-0.1, -0.05) is 31.2 Å². The summed E-state index contributed by atoms with van der Waals surface area (Å²) >= 11 is 0. The lowest BCUT2D eigenvalue weighted by atomic mass is 9.98. The number of rotatable bonds is 4. The van der Waals surface area contributed by atoms with Crippen LogP contribution in [0.4, 0.5) is 0 Å². The molecule has 1 saturated heterocycles. The van der Waals surface area contributed by atoms with Crippen molar-refractivity contribution in [1.82, 2.24) is 10.2 Å². The Morgan fingerprint density at radius 1 is 1.16 bits per heavy atom. The maximum Gasteiger partial charge on any atom is 0.0376 e. The van der Waals surface area contributed by atoms with Crippen molar-refractivity contribution in [2.24, 2.45) is 5.92 Å². The fourth-order valence-electron chi connectivity index (χ4n) is 3.29. The standard InChI is InChI=1S/C17H26N2/c1-2-14-4-6-15(7-5-14)17(16-8-9-16)19-12-3-10-18-11-13-19/h4-7,16-18H,2-3,8-13H2,1H3. The maximum atomic E-state index is 3.52. The first-order valence-corrected chi connectivity index (χ1v) is 7.92. The van der Waals surface area contributed by atoms with E-state index in [0.29, 0.717) is 6.04 Å². The molecular formula is C17H26N2. The molecule has 2 aliphatic rings. The van der Waals surface area contributed by atoms with Gasteiger partial charge < -0.3 is 5.32 Å². The Morgan fingerprint density at radius 3 is 2.63 bits per heavy atom. The summed E-state index contributed by atoms with van der Waals surface area (Å²) in [6.07, 6.45) is 5.27. The molecule has 1 heterocycles. The quantitative estimate of drug-likeness (QED) is 0.893. The van der Waals surface area contributed by atoms with Crippen LogP contribution in [0.25, 0.3) is 0 Å². The molecule has 2 nitrogen and oxygen atoms in total. The Morgan fingerprint density at radius 2 is 1.95 bits per heavy atom. The highest BCUT2D eigenvalue weighted by atomic mass is 15.2. The molecule has 0 bridgehead atoms. The topological polar surface area (TPSA) is 15.3 Å². The minimum atomic E-state index is 0.672. The van der Waals surface area contributed by atoms with Gasteiger partial charge in [-0.25, -0.2) is 0 Å². The Balaban J connectivity index is 1.78.